The van der Waals surface area contributed by atoms with Crippen LogP contribution in [0.15, 0.2) is 60.7 Å². The molecule has 0 aromatic heterocycles. The van der Waals surface area contributed by atoms with E-state index in [9.17, 15) is 0 Å². The molecule has 0 aliphatic heterocycles. The summed E-state index contributed by atoms with van der Waals surface area (Å²) in [6.07, 6.45) is 0.858. The van der Waals surface area contributed by atoms with E-state index in [2.05, 4.69) is 24.3 Å². The smallest absolute Gasteiger partial charge is 0.377 e. The maximum Gasteiger partial charge on any atom is 0.505 e. The van der Waals surface area contributed by atoms with Crippen LogP contribution in [0, 0.1) is 0 Å². The van der Waals surface area contributed by atoms with E-state index in [1.165, 1.54) is 11.1 Å². The molecule has 0 radical (unpaired) electrons. The van der Waals surface area contributed by atoms with Gasteiger partial charge in [-0.15, -0.1) is 0 Å². The molecule has 0 bridgehead atoms. The maximum absolute atomic E-state index is 6.03. The Kier molecular flexibility index (Phi) is 6.14. The van der Waals surface area contributed by atoms with Crippen LogP contribution < -0.4 is 0 Å². The van der Waals surface area contributed by atoms with Gasteiger partial charge in [0.15, 0.2) is 0 Å². The predicted octanol–water partition coefficient (Wildman–Crippen LogP) is 3.26. The van der Waals surface area contributed by atoms with Crippen molar-refractivity contribution in [2.75, 3.05) is 20.8 Å². The Morgan fingerprint density at radius 1 is 0.762 bits per heavy atom. The average Bonchev–Trinajstić information content (AvgIpc) is 2.56. The summed E-state index contributed by atoms with van der Waals surface area (Å²) in [5.74, 6) is 0. The van der Waals surface area contributed by atoms with Gasteiger partial charge in [0.05, 0.1) is 0 Å². The second kappa shape index (κ2) is 8.10. The van der Waals surface area contributed by atoms with Crippen molar-refractivity contribution in [1.82, 2.24) is 0 Å². The van der Waals surface area contributed by atoms with Crippen LogP contribution in [-0.2, 0) is 25.7 Å². The second-order valence-corrected chi connectivity index (χ2v) is 7.66. The molecule has 0 aliphatic carbocycles. The van der Waals surface area contributed by atoms with Crippen LogP contribution in [0.1, 0.15) is 11.1 Å². The molecular weight excluding hydrogens is 280 g/mol. The SMILES string of the molecule is CO[Si](Cc1ccccc1)(OC)OCCc1ccccc1. The molecule has 0 atom stereocenters. The average molecular weight is 302 g/mol. The van der Waals surface area contributed by atoms with Crippen LogP contribution in [0.3, 0.4) is 0 Å². The fourth-order valence-electron chi connectivity index (χ4n) is 2.21. The zero-order valence-corrected chi connectivity index (χ0v) is 13.6. The van der Waals surface area contributed by atoms with Gasteiger partial charge < -0.3 is 13.3 Å². The number of rotatable bonds is 8. The van der Waals surface area contributed by atoms with Gasteiger partial charge >= 0.3 is 8.80 Å². The summed E-state index contributed by atoms with van der Waals surface area (Å²) in [5, 5.41) is 0. The van der Waals surface area contributed by atoms with Gasteiger partial charge in [-0.3, -0.25) is 0 Å². The minimum absolute atomic E-state index is 0.602. The van der Waals surface area contributed by atoms with Gasteiger partial charge in [-0.2, -0.15) is 0 Å². The van der Waals surface area contributed by atoms with Gasteiger partial charge in [-0.1, -0.05) is 60.7 Å². The summed E-state index contributed by atoms with van der Waals surface area (Å²) in [5.41, 5.74) is 2.43. The van der Waals surface area contributed by atoms with E-state index in [1.807, 2.05) is 36.4 Å². The zero-order valence-electron chi connectivity index (χ0n) is 12.6. The van der Waals surface area contributed by atoms with E-state index in [0.717, 1.165) is 6.42 Å². The standard InChI is InChI=1S/C17H22O3Si/c1-18-21(19-2,15-17-11-7-4-8-12-17)20-14-13-16-9-5-3-6-10-16/h3-12H,13-15H2,1-2H3. The monoisotopic (exact) mass is 302 g/mol. The van der Waals surface area contributed by atoms with E-state index in [1.54, 1.807) is 14.2 Å². The first-order valence-electron chi connectivity index (χ1n) is 7.10. The van der Waals surface area contributed by atoms with Gasteiger partial charge in [0.2, 0.25) is 0 Å². The molecule has 0 saturated carbocycles. The van der Waals surface area contributed by atoms with Crippen LogP contribution >= 0.6 is 0 Å². The van der Waals surface area contributed by atoms with Crippen molar-refractivity contribution in [2.24, 2.45) is 0 Å². The molecule has 21 heavy (non-hydrogen) atoms. The zero-order chi connectivity index (χ0) is 15.0. The Balaban J connectivity index is 1.94. The lowest BCUT2D eigenvalue weighted by Crippen LogP contribution is -2.47. The van der Waals surface area contributed by atoms with E-state index in [4.69, 9.17) is 13.3 Å². The summed E-state index contributed by atoms with van der Waals surface area (Å²) < 4.78 is 17.3. The Morgan fingerprint density at radius 3 is 1.81 bits per heavy atom. The van der Waals surface area contributed by atoms with Crippen LogP contribution in [-0.4, -0.2) is 29.6 Å². The van der Waals surface area contributed by atoms with Crippen LogP contribution in [0.5, 0.6) is 0 Å². The van der Waals surface area contributed by atoms with Gasteiger partial charge in [0.1, 0.15) is 0 Å². The third-order valence-corrected chi connectivity index (χ3v) is 6.17. The maximum atomic E-state index is 6.03. The van der Waals surface area contributed by atoms with Crippen molar-refractivity contribution in [3.8, 4) is 0 Å². The highest BCUT2D eigenvalue weighted by molar-refractivity contribution is 6.60. The lowest BCUT2D eigenvalue weighted by atomic mass is 10.2. The molecule has 4 heteroatoms. The fraction of sp³-hybridized carbons (Fsp3) is 0.294. The summed E-state index contributed by atoms with van der Waals surface area (Å²) in [7, 11) is 0.698. The summed E-state index contributed by atoms with van der Waals surface area (Å²) in [6, 6.07) is 21.2. The lowest BCUT2D eigenvalue weighted by Gasteiger charge is -2.26. The molecule has 0 fully saturated rings. The quantitative estimate of drug-likeness (QED) is 0.701. The molecule has 112 valence electrons. The van der Waals surface area contributed by atoms with E-state index in [-0.39, 0.29) is 0 Å². The highest BCUT2D eigenvalue weighted by atomic mass is 28.4. The third kappa shape index (κ3) is 4.79. The molecule has 0 aliphatic rings. The largest absolute Gasteiger partial charge is 0.505 e. The molecule has 0 unspecified atom stereocenters. The molecule has 0 heterocycles. The molecule has 0 amide bonds. The van der Waals surface area contributed by atoms with Gasteiger partial charge in [0.25, 0.3) is 0 Å². The van der Waals surface area contributed by atoms with Crippen molar-refractivity contribution < 1.29 is 13.3 Å². The van der Waals surface area contributed by atoms with Gasteiger partial charge in [-0.25, -0.2) is 0 Å². The van der Waals surface area contributed by atoms with Crippen molar-refractivity contribution in [1.29, 1.82) is 0 Å². The minimum Gasteiger partial charge on any atom is -0.377 e. The second-order valence-electron chi connectivity index (χ2n) is 4.84. The van der Waals surface area contributed by atoms with Crippen LogP contribution in [0.25, 0.3) is 0 Å². The summed E-state index contributed by atoms with van der Waals surface area (Å²) in [4.78, 5) is 0. The summed E-state index contributed by atoms with van der Waals surface area (Å²) >= 11 is 0. The Morgan fingerprint density at radius 2 is 1.29 bits per heavy atom. The highest BCUT2D eigenvalue weighted by Gasteiger charge is 2.39. The Bertz CT molecular complexity index is 512. The fourth-order valence-corrected chi connectivity index (χ4v) is 4.15. The van der Waals surface area contributed by atoms with Gasteiger partial charge in [0, 0.05) is 26.9 Å². The van der Waals surface area contributed by atoms with E-state index >= 15 is 0 Å². The molecule has 0 N–H and O–H groups in total. The van der Waals surface area contributed by atoms with Crippen molar-refractivity contribution in [3.05, 3.63) is 71.8 Å². The Hall–Kier alpha value is -1.46. The van der Waals surface area contributed by atoms with Crippen molar-refractivity contribution in [3.63, 3.8) is 0 Å². The van der Waals surface area contributed by atoms with Crippen molar-refractivity contribution in [2.45, 2.75) is 12.5 Å². The molecule has 2 aromatic carbocycles. The molecule has 3 nitrogen and oxygen atoms in total. The molecular formula is C17H22O3Si. The van der Waals surface area contributed by atoms with Gasteiger partial charge in [-0.05, 0) is 17.5 Å². The van der Waals surface area contributed by atoms with Crippen LogP contribution in [0.2, 0.25) is 0 Å². The molecule has 0 saturated heterocycles. The third-order valence-electron chi connectivity index (χ3n) is 3.44. The topological polar surface area (TPSA) is 27.7 Å². The highest BCUT2D eigenvalue weighted by Crippen LogP contribution is 2.16. The number of hydrogen-bond acceptors (Lipinski definition) is 3. The first-order chi connectivity index (χ1) is 10.3. The minimum atomic E-state index is -2.64. The number of benzene rings is 2. The van der Waals surface area contributed by atoms with E-state index < -0.39 is 8.80 Å². The predicted molar refractivity (Wildman–Crippen MR) is 86.0 cm³/mol. The normalized spacial score (nSPS) is 11.5. The molecule has 2 aromatic rings. The lowest BCUT2D eigenvalue weighted by molar-refractivity contribution is 0.0985. The summed E-state index contributed by atoms with van der Waals surface area (Å²) in [6.45, 7) is 0.602. The Labute approximate surface area is 127 Å². The molecule has 2 rings (SSSR count). The van der Waals surface area contributed by atoms with E-state index in [0.29, 0.717) is 12.7 Å². The van der Waals surface area contributed by atoms with Crippen molar-refractivity contribution >= 4 is 8.80 Å². The number of hydrogen-bond donors (Lipinski definition) is 0. The first kappa shape index (κ1) is 15.9. The molecule has 0 spiro atoms. The van der Waals surface area contributed by atoms with Crippen LogP contribution in [0.4, 0.5) is 0 Å². The first-order valence-corrected chi connectivity index (χ1v) is 9.03.